The summed E-state index contributed by atoms with van der Waals surface area (Å²) in [6.45, 7) is -10.2. The number of fused-ring (bicyclic) bond motifs is 5. The van der Waals surface area contributed by atoms with E-state index in [1.807, 2.05) is 0 Å². The second kappa shape index (κ2) is 12.8. The maximum absolute atomic E-state index is 16.0. The molecule has 0 aliphatic carbocycles. The van der Waals surface area contributed by atoms with Crippen molar-refractivity contribution in [1.82, 2.24) is 51.3 Å². The first kappa shape index (κ1) is 34.8. The van der Waals surface area contributed by atoms with Crippen molar-refractivity contribution in [2.45, 2.75) is 49.1 Å². The summed E-state index contributed by atoms with van der Waals surface area (Å²) >= 11 is 10.2. The zero-order valence-corrected chi connectivity index (χ0v) is 27.3. The lowest BCUT2D eigenvalue weighted by atomic mass is 10.1. The standard InChI is InChI=1S/C20H23FN10O9P2S2.2H3N/c21-9-13-8(38-19(9)30-5-28-10-15(22)24-3-26-17(10)30)2-36-42(34,44)40-14-12(32)7(1-35-41(33,43)39-13)37-20(14)31-6-29-11-16(23)25-4-27-18(11)31;;/h3-9,12-14,19-20,32H,1-2H2,(H,33,43)(H,34,44)(H2,22,24,26)(H2,23,25,27);2*1H3/t7-,8-,9-,12-,13-,14-,19-,20-,41?,42?;;/m1../s1. The summed E-state index contributed by atoms with van der Waals surface area (Å²) in [5.74, 6) is 0.123. The van der Waals surface area contributed by atoms with Gasteiger partial charge in [-0.15, -0.1) is 0 Å². The van der Waals surface area contributed by atoms with Crippen LogP contribution in [-0.2, 0) is 56.2 Å². The van der Waals surface area contributed by atoms with Crippen LogP contribution in [0.3, 0.4) is 0 Å². The van der Waals surface area contributed by atoms with Crippen molar-refractivity contribution in [1.29, 1.82) is 0 Å². The fourth-order valence-electron chi connectivity index (χ4n) is 5.17. The Bertz CT molecular complexity index is 1840. The van der Waals surface area contributed by atoms with E-state index in [2.05, 4.69) is 29.9 Å². The average molecular weight is 727 g/mol. The number of ether oxygens (including phenoxy) is 2. The highest BCUT2D eigenvalue weighted by molar-refractivity contribution is 8.32. The van der Waals surface area contributed by atoms with E-state index in [-0.39, 0.29) is 46.3 Å². The highest BCUT2D eigenvalue weighted by Gasteiger charge is 2.51. The Morgan fingerprint density at radius 2 is 1.43 bits per heavy atom. The van der Waals surface area contributed by atoms with Gasteiger partial charge in [0, 0.05) is 0 Å². The third kappa shape index (κ3) is 6.10. The summed E-state index contributed by atoms with van der Waals surface area (Å²) in [7, 11) is 0. The lowest BCUT2D eigenvalue weighted by Gasteiger charge is -2.34. The van der Waals surface area contributed by atoms with E-state index < -0.39 is 75.9 Å². The Hall–Kier alpha value is -2.54. The average Bonchev–Trinajstić information content (AvgIpc) is 3.73. The molecule has 4 aromatic heterocycles. The number of aliphatic hydroxyl groups is 1. The number of nitrogen functional groups attached to an aromatic ring is 2. The molecule has 0 spiro atoms. The number of aliphatic hydroxyl groups excluding tert-OH is 1. The molecule has 0 aromatic carbocycles. The summed E-state index contributed by atoms with van der Waals surface area (Å²) in [6, 6.07) is 0. The molecule has 0 amide bonds. The van der Waals surface area contributed by atoms with Crippen LogP contribution in [0.5, 0.6) is 0 Å². The second-order valence-electron chi connectivity index (χ2n) is 9.86. The molecule has 10 atom stereocenters. The number of aromatic nitrogens is 8. The van der Waals surface area contributed by atoms with Gasteiger partial charge in [0.15, 0.2) is 48.4 Å². The number of halogens is 1. The molecule has 3 aliphatic heterocycles. The van der Waals surface area contributed by atoms with Crippen molar-refractivity contribution < 1.29 is 46.5 Å². The van der Waals surface area contributed by atoms with Gasteiger partial charge in [-0.1, -0.05) is 11.8 Å². The van der Waals surface area contributed by atoms with Crippen LogP contribution in [-0.4, -0.2) is 94.0 Å². The van der Waals surface area contributed by atoms with E-state index in [0.717, 1.165) is 6.33 Å². The molecule has 7 heterocycles. The molecule has 26 heteroatoms. The number of anilines is 2. The predicted molar refractivity (Wildman–Crippen MR) is 161 cm³/mol. The van der Waals surface area contributed by atoms with E-state index in [4.69, 9.17) is 63.1 Å². The zero-order valence-electron chi connectivity index (χ0n) is 23.9. The van der Waals surface area contributed by atoms with E-state index in [1.165, 1.54) is 28.1 Å². The highest BCUT2D eigenvalue weighted by atomic mass is 32.7. The van der Waals surface area contributed by atoms with Crippen LogP contribution in [0.25, 0.3) is 22.3 Å². The topological polar surface area (TPSA) is 328 Å². The third-order valence-corrected chi connectivity index (χ3v) is 10.3. The summed E-state index contributed by atoms with van der Waals surface area (Å²) in [5.41, 5.74) is 12.5. The number of alkyl halides is 1. The van der Waals surface area contributed by atoms with Gasteiger partial charge in [-0.3, -0.25) is 13.7 Å². The number of imidazole rings is 2. The van der Waals surface area contributed by atoms with Gasteiger partial charge < -0.3 is 73.6 Å². The molecule has 21 nitrogen and oxygen atoms in total. The Morgan fingerprint density at radius 3 is 2.04 bits per heavy atom. The summed E-state index contributed by atoms with van der Waals surface area (Å²) in [4.78, 5) is 37.7. The molecule has 46 heavy (non-hydrogen) atoms. The molecule has 3 aliphatic rings. The van der Waals surface area contributed by atoms with Gasteiger partial charge in [-0.05, 0) is 0 Å². The van der Waals surface area contributed by atoms with Crippen molar-refractivity contribution in [2.24, 2.45) is 0 Å². The minimum Gasteiger partial charge on any atom is -0.780 e. The van der Waals surface area contributed by atoms with Crippen LogP contribution in [0.15, 0.2) is 25.3 Å². The van der Waals surface area contributed by atoms with Gasteiger partial charge in [-0.25, -0.2) is 34.3 Å². The Labute approximate surface area is 268 Å². The van der Waals surface area contributed by atoms with E-state index in [0.29, 0.717) is 0 Å². The maximum atomic E-state index is 16.0. The van der Waals surface area contributed by atoms with Crippen molar-refractivity contribution in [3.05, 3.63) is 25.3 Å². The van der Waals surface area contributed by atoms with Gasteiger partial charge >= 0.3 is 0 Å². The minimum absolute atomic E-state index is 0. The number of quaternary nitrogens is 2. The van der Waals surface area contributed by atoms with E-state index in [9.17, 15) is 14.6 Å². The number of hydrogen-bond donors (Lipinski definition) is 5. The molecule has 3 fully saturated rings. The van der Waals surface area contributed by atoms with Gasteiger partial charge in [-0.2, -0.15) is 0 Å². The zero-order chi connectivity index (χ0) is 31.0. The van der Waals surface area contributed by atoms with Gasteiger partial charge in [0.05, 0.1) is 25.9 Å². The molecule has 7 rings (SSSR count). The first-order valence-corrected chi connectivity index (χ1v) is 17.8. The maximum Gasteiger partial charge on any atom is 0.200 e. The van der Waals surface area contributed by atoms with Crippen LogP contribution < -0.4 is 28.7 Å². The van der Waals surface area contributed by atoms with Crippen molar-refractivity contribution >= 4 is 71.5 Å². The molecule has 2 bridgehead atoms. The minimum atomic E-state index is -4.48. The molecule has 13 N–H and O–H groups in total. The molecule has 4 aromatic rings. The monoisotopic (exact) mass is 726 g/mol. The molecule has 0 radical (unpaired) electrons. The molecule has 0 saturated carbocycles. The molecular weight excluding hydrogens is 697 g/mol. The SMILES string of the molecule is Nc1ncnc2c1ncn2[C@@H]1O[C@@H]2COP([O-])(=S)O[C@@H]3[C@H](O)[C@@H](COP(=O)([S-])O[C@H]2[C@H]1F)O[C@H]3n1cnc2c(N)ncnc21.[NH4+].[NH4+]. The number of rotatable bonds is 2. The van der Waals surface area contributed by atoms with Crippen molar-refractivity contribution in [3.8, 4) is 0 Å². The van der Waals surface area contributed by atoms with Crippen molar-refractivity contribution in [3.63, 3.8) is 0 Å². The van der Waals surface area contributed by atoms with Crippen LogP contribution in [0.2, 0.25) is 0 Å². The fraction of sp³-hybridized carbons (Fsp3) is 0.500. The Balaban J connectivity index is 0.00000208. The normalized spacial score (nSPS) is 36.6. The number of hydrogen-bond acceptors (Lipinski definition) is 19. The molecular formula is C20H29FN12O9P2S2. The van der Waals surface area contributed by atoms with Gasteiger partial charge in [0.1, 0.15) is 60.9 Å². The molecule has 3 saturated heterocycles. The smallest absolute Gasteiger partial charge is 0.200 e. The third-order valence-electron chi connectivity index (χ3n) is 7.20. The highest BCUT2D eigenvalue weighted by Crippen LogP contribution is 2.54. The lowest BCUT2D eigenvalue weighted by molar-refractivity contribution is -0.218. The second-order valence-corrected chi connectivity index (χ2v) is 15.3. The van der Waals surface area contributed by atoms with Crippen LogP contribution >= 0.6 is 13.5 Å². The first-order chi connectivity index (χ1) is 20.9. The summed E-state index contributed by atoms with van der Waals surface area (Å²) in [5, 5.41) is 11.1. The summed E-state index contributed by atoms with van der Waals surface area (Å²) < 4.78 is 65.5. The predicted octanol–water partition coefficient (Wildman–Crippen LogP) is 0.134. The molecule has 252 valence electrons. The lowest BCUT2D eigenvalue weighted by Crippen LogP contribution is -2.36. The van der Waals surface area contributed by atoms with Crippen LogP contribution in [0.1, 0.15) is 12.5 Å². The number of nitrogens with zero attached hydrogens (tertiary/aromatic N) is 8. The number of nitrogens with two attached hydrogens (primary N) is 2. The largest absolute Gasteiger partial charge is 0.780 e. The Morgan fingerprint density at radius 1 is 0.891 bits per heavy atom. The molecule has 2 unspecified atom stereocenters. The quantitative estimate of drug-likeness (QED) is 0.135. The first-order valence-electron chi connectivity index (χ1n) is 12.7. The van der Waals surface area contributed by atoms with E-state index in [1.54, 1.807) is 0 Å². The van der Waals surface area contributed by atoms with Crippen LogP contribution in [0, 0.1) is 0 Å². The van der Waals surface area contributed by atoms with Crippen molar-refractivity contribution in [2.75, 3.05) is 24.7 Å². The van der Waals surface area contributed by atoms with Crippen LogP contribution in [0.4, 0.5) is 16.0 Å². The van der Waals surface area contributed by atoms with Gasteiger partial charge in [0.2, 0.25) is 0 Å². The Kier molecular flexibility index (Phi) is 9.69. The van der Waals surface area contributed by atoms with E-state index >= 15 is 4.39 Å². The fourth-order valence-corrected chi connectivity index (χ4v) is 7.99. The summed E-state index contributed by atoms with van der Waals surface area (Å²) in [6.07, 6.45) is -7.19. The van der Waals surface area contributed by atoms with Gasteiger partial charge in [0.25, 0.3) is 0 Å².